The number of likely N-dealkylation sites (N-methyl/N-ethyl adjacent to an activating group) is 1. The third-order valence-electron chi connectivity index (χ3n) is 3.76. The summed E-state index contributed by atoms with van der Waals surface area (Å²) in [4.78, 5) is 14.1. The lowest BCUT2D eigenvalue weighted by molar-refractivity contribution is -0.121. The zero-order chi connectivity index (χ0) is 13.4. The third kappa shape index (κ3) is 5.83. The largest absolute Gasteiger partial charge is 0.352 e. The molecule has 18 heavy (non-hydrogen) atoms. The van der Waals surface area contributed by atoms with E-state index in [-0.39, 0.29) is 5.91 Å². The molecule has 1 rings (SSSR count). The molecule has 1 fully saturated rings. The van der Waals surface area contributed by atoms with Crippen LogP contribution < -0.4 is 10.6 Å². The second kappa shape index (κ2) is 8.48. The van der Waals surface area contributed by atoms with Crippen molar-refractivity contribution in [2.45, 2.75) is 58.5 Å². The number of nitrogens with zero attached hydrogens (tertiary/aromatic N) is 1. The first kappa shape index (κ1) is 15.4. The highest BCUT2D eigenvalue weighted by Crippen LogP contribution is 2.17. The minimum atomic E-state index is 0.147. The predicted octanol–water partition coefficient (Wildman–Crippen LogP) is 1.37. The molecule has 0 aromatic rings. The van der Waals surface area contributed by atoms with Gasteiger partial charge < -0.3 is 15.5 Å². The van der Waals surface area contributed by atoms with Crippen molar-refractivity contribution >= 4 is 5.91 Å². The highest BCUT2D eigenvalue weighted by atomic mass is 16.2. The quantitative estimate of drug-likeness (QED) is 0.688. The van der Waals surface area contributed by atoms with Gasteiger partial charge in [0.1, 0.15) is 0 Å². The number of hydrogen-bond acceptors (Lipinski definition) is 3. The molecule has 0 spiro atoms. The van der Waals surface area contributed by atoms with Crippen molar-refractivity contribution in [2.75, 3.05) is 26.2 Å². The van der Waals surface area contributed by atoms with Crippen LogP contribution in [0, 0.1) is 0 Å². The Morgan fingerprint density at radius 3 is 2.44 bits per heavy atom. The molecule has 0 aliphatic heterocycles. The fourth-order valence-electron chi connectivity index (χ4n) is 2.55. The third-order valence-corrected chi connectivity index (χ3v) is 3.76. The molecule has 0 radical (unpaired) electrons. The van der Waals surface area contributed by atoms with Crippen LogP contribution in [0.4, 0.5) is 0 Å². The molecule has 4 nitrogen and oxygen atoms in total. The van der Waals surface area contributed by atoms with Gasteiger partial charge in [-0.15, -0.1) is 0 Å². The average molecular weight is 255 g/mol. The van der Waals surface area contributed by atoms with Crippen molar-refractivity contribution in [3.8, 4) is 0 Å². The molecule has 1 amide bonds. The summed E-state index contributed by atoms with van der Waals surface area (Å²) in [5, 5.41) is 6.40. The molecule has 2 N–H and O–H groups in total. The van der Waals surface area contributed by atoms with E-state index >= 15 is 0 Å². The van der Waals surface area contributed by atoms with Crippen LogP contribution >= 0.6 is 0 Å². The summed E-state index contributed by atoms with van der Waals surface area (Å²) >= 11 is 0. The maximum absolute atomic E-state index is 11.7. The molecule has 106 valence electrons. The molecular formula is C14H29N3O. The molecule has 0 bridgehead atoms. The van der Waals surface area contributed by atoms with Gasteiger partial charge in [-0.25, -0.2) is 0 Å². The molecule has 0 aromatic carbocycles. The van der Waals surface area contributed by atoms with Gasteiger partial charge in [-0.3, -0.25) is 4.79 Å². The van der Waals surface area contributed by atoms with Crippen LogP contribution in [0.3, 0.4) is 0 Å². The highest BCUT2D eigenvalue weighted by Gasteiger charge is 2.17. The molecule has 1 aliphatic carbocycles. The Kier molecular flexibility index (Phi) is 7.28. The highest BCUT2D eigenvalue weighted by molar-refractivity contribution is 5.78. The maximum Gasteiger partial charge on any atom is 0.234 e. The lowest BCUT2D eigenvalue weighted by Crippen LogP contribution is -2.45. The molecule has 1 aliphatic rings. The molecule has 0 aromatic heterocycles. The maximum atomic E-state index is 11.7. The minimum absolute atomic E-state index is 0.147. The van der Waals surface area contributed by atoms with E-state index in [0.29, 0.717) is 18.6 Å². The minimum Gasteiger partial charge on any atom is -0.352 e. The Balaban J connectivity index is 2.12. The summed E-state index contributed by atoms with van der Waals surface area (Å²) in [7, 11) is 0. The normalized spacial score (nSPS) is 18.2. The van der Waals surface area contributed by atoms with Crippen molar-refractivity contribution < 1.29 is 4.79 Å². The summed E-state index contributed by atoms with van der Waals surface area (Å²) in [6, 6.07) is 0.789. The van der Waals surface area contributed by atoms with E-state index in [1.807, 2.05) is 0 Å². The monoisotopic (exact) mass is 255 g/mol. The Morgan fingerprint density at radius 1 is 1.28 bits per heavy atom. The molecule has 0 saturated heterocycles. The summed E-state index contributed by atoms with van der Waals surface area (Å²) < 4.78 is 0. The van der Waals surface area contributed by atoms with Gasteiger partial charge in [0.15, 0.2) is 0 Å². The van der Waals surface area contributed by atoms with E-state index < -0.39 is 0 Å². The zero-order valence-corrected chi connectivity index (χ0v) is 12.2. The summed E-state index contributed by atoms with van der Waals surface area (Å²) in [5.41, 5.74) is 0. The first-order valence-corrected chi connectivity index (χ1v) is 7.40. The molecule has 0 heterocycles. The molecule has 4 heteroatoms. The number of hydrogen-bond donors (Lipinski definition) is 2. The average Bonchev–Trinajstić information content (AvgIpc) is 2.86. The smallest absolute Gasteiger partial charge is 0.234 e. The summed E-state index contributed by atoms with van der Waals surface area (Å²) in [5.74, 6) is 0.147. The van der Waals surface area contributed by atoms with Crippen LogP contribution in [0.15, 0.2) is 0 Å². The van der Waals surface area contributed by atoms with E-state index in [4.69, 9.17) is 0 Å². The Morgan fingerprint density at radius 2 is 1.89 bits per heavy atom. The Hall–Kier alpha value is -0.610. The van der Waals surface area contributed by atoms with E-state index in [1.54, 1.807) is 0 Å². The number of carbonyl (C=O) groups excluding carboxylic acids is 1. The molecule has 1 atom stereocenters. The lowest BCUT2D eigenvalue weighted by atomic mass is 10.2. The van der Waals surface area contributed by atoms with E-state index in [1.165, 1.54) is 12.8 Å². The van der Waals surface area contributed by atoms with Gasteiger partial charge in [0.2, 0.25) is 5.91 Å². The van der Waals surface area contributed by atoms with Gasteiger partial charge in [0, 0.05) is 18.6 Å². The van der Waals surface area contributed by atoms with Gasteiger partial charge in [-0.1, -0.05) is 26.7 Å². The Bertz CT molecular complexity index is 235. The van der Waals surface area contributed by atoms with Crippen LogP contribution in [0.1, 0.15) is 46.5 Å². The summed E-state index contributed by atoms with van der Waals surface area (Å²) in [6.07, 6.45) is 4.83. The standard InChI is InChI=1S/C14H29N3O/c1-4-17(5-2)11-12(3)15-10-14(18)16-13-8-6-7-9-13/h12-13,15H,4-11H2,1-3H3,(H,16,18). The topological polar surface area (TPSA) is 44.4 Å². The van der Waals surface area contributed by atoms with Crippen LogP contribution in [0.2, 0.25) is 0 Å². The van der Waals surface area contributed by atoms with Gasteiger partial charge in [0.05, 0.1) is 6.54 Å². The predicted molar refractivity (Wildman–Crippen MR) is 75.7 cm³/mol. The van der Waals surface area contributed by atoms with Crippen LogP contribution in [-0.2, 0) is 4.79 Å². The van der Waals surface area contributed by atoms with Crippen molar-refractivity contribution in [3.63, 3.8) is 0 Å². The van der Waals surface area contributed by atoms with E-state index in [9.17, 15) is 4.79 Å². The van der Waals surface area contributed by atoms with E-state index in [0.717, 1.165) is 32.5 Å². The first-order chi connectivity index (χ1) is 8.65. The zero-order valence-electron chi connectivity index (χ0n) is 12.2. The number of amides is 1. The first-order valence-electron chi connectivity index (χ1n) is 7.40. The van der Waals surface area contributed by atoms with Gasteiger partial charge in [-0.05, 0) is 32.9 Å². The number of nitrogens with one attached hydrogen (secondary N) is 2. The number of carbonyl (C=O) groups is 1. The van der Waals surface area contributed by atoms with E-state index in [2.05, 4.69) is 36.3 Å². The fourth-order valence-corrected chi connectivity index (χ4v) is 2.55. The van der Waals surface area contributed by atoms with Crippen molar-refractivity contribution in [1.29, 1.82) is 0 Å². The lowest BCUT2D eigenvalue weighted by Gasteiger charge is -2.23. The molecule has 1 unspecified atom stereocenters. The second-order valence-electron chi connectivity index (χ2n) is 5.32. The SMILES string of the molecule is CCN(CC)CC(C)NCC(=O)NC1CCCC1. The van der Waals surface area contributed by atoms with Crippen molar-refractivity contribution in [2.24, 2.45) is 0 Å². The van der Waals surface area contributed by atoms with Gasteiger partial charge in [-0.2, -0.15) is 0 Å². The second-order valence-corrected chi connectivity index (χ2v) is 5.32. The summed E-state index contributed by atoms with van der Waals surface area (Å²) in [6.45, 7) is 10.1. The Labute approximate surface area is 111 Å². The van der Waals surface area contributed by atoms with Gasteiger partial charge >= 0.3 is 0 Å². The molecule has 1 saturated carbocycles. The van der Waals surface area contributed by atoms with Crippen LogP contribution in [0.25, 0.3) is 0 Å². The van der Waals surface area contributed by atoms with Crippen molar-refractivity contribution in [3.05, 3.63) is 0 Å². The molecular weight excluding hydrogens is 226 g/mol. The van der Waals surface area contributed by atoms with Crippen LogP contribution in [-0.4, -0.2) is 49.1 Å². The van der Waals surface area contributed by atoms with Crippen LogP contribution in [0.5, 0.6) is 0 Å². The number of rotatable bonds is 8. The fraction of sp³-hybridized carbons (Fsp3) is 0.929. The van der Waals surface area contributed by atoms with Crippen molar-refractivity contribution in [1.82, 2.24) is 15.5 Å². The van der Waals surface area contributed by atoms with Gasteiger partial charge in [0.25, 0.3) is 0 Å².